The molecule has 0 atom stereocenters. The normalized spacial score (nSPS) is 11.4. The van der Waals surface area contributed by atoms with Crippen molar-refractivity contribution in [2.24, 2.45) is 12.8 Å². The van der Waals surface area contributed by atoms with Gasteiger partial charge in [-0.1, -0.05) is 0 Å². The minimum atomic E-state index is -0.370. The van der Waals surface area contributed by atoms with Gasteiger partial charge in [-0.25, -0.2) is 9.78 Å². The van der Waals surface area contributed by atoms with Crippen LogP contribution >= 0.6 is 0 Å². The number of rotatable bonds is 6. The standard InChI is InChI=1S/C13H21N5O3/c1-4-17-9(8-21-3)15-11-10(17)12(19)18(7-5-6-14)13(20)16(11)2/h4-8,14H2,1-3H3. The van der Waals surface area contributed by atoms with Gasteiger partial charge in [0.2, 0.25) is 0 Å². The zero-order valence-electron chi connectivity index (χ0n) is 12.6. The Bertz CT molecular complexity index is 756. The SMILES string of the molecule is CCn1c(COC)nc2c1c(=O)n(CCCN)c(=O)n2C. The first kappa shape index (κ1) is 15.5. The summed E-state index contributed by atoms with van der Waals surface area (Å²) in [7, 11) is 3.19. The van der Waals surface area contributed by atoms with E-state index >= 15 is 0 Å². The Kier molecular flexibility index (Phi) is 4.59. The predicted molar refractivity (Wildman–Crippen MR) is 79.3 cm³/mol. The van der Waals surface area contributed by atoms with Crippen molar-refractivity contribution in [1.82, 2.24) is 18.7 Å². The van der Waals surface area contributed by atoms with Gasteiger partial charge in [0.1, 0.15) is 12.4 Å². The molecular formula is C13H21N5O3. The zero-order valence-corrected chi connectivity index (χ0v) is 12.6. The molecule has 0 radical (unpaired) electrons. The zero-order chi connectivity index (χ0) is 15.6. The number of hydrogen-bond donors (Lipinski definition) is 1. The van der Waals surface area contributed by atoms with E-state index in [-0.39, 0.29) is 11.2 Å². The van der Waals surface area contributed by atoms with Crippen molar-refractivity contribution >= 4 is 11.2 Å². The molecule has 8 nitrogen and oxygen atoms in total. The molecule has 116 valence electrons. The van der Waals surface area contributed by atoms with E-state index < -0.39 is 0 Å². The van der Waals surface area contributed by atoms with E-state index in [0.717, 1.165) is 0 Å². The highest BCUT2D eigenvalue weighted by atomic mass is 16.5. The van der Waals surface area contributed by atoms with Gasteiger partial charge < -0.3 is 15.0 Å². The summed E-state index contributed by atoms with van der Waals surface area (Å²) in [5.41, 5.74) is 5.60. The molecule has 2 rings (SSSR count). The third-order valence-electron chi connectivity index (χ3n) is 3.49. The van der Waals surface area contributed by atoms with Gasteiger partial charge in [-0.2, -0.15) is 0 Å². The monoisotopic (exact) mass is 295 g/mol. The maximum absolute atomic E-state index is 12.6. The largest absolute Gasteiger partial charge is 0.377 e. The van der Waals surface area contributed by atoms with Gasteiger partial charge in [0.25, 0.3) is 5.56 Å². The maximum Gasteiger partial charge on any atom is 0.332 e. The smallest absolute Gasteiger partial charge is 0.332 e. The highest BCUT2D eigenvalue weighted by molar-refractivity contribution is 5.71. The summed E-state index contributed by atoms with van der Waals surface area (Å²) in [5.74, 6) is 0.638. The number of imidazole rings is 1. The van der Waals surface area contributed by atoms with E-state index in [2.05, 4.69) is 4.98 Å². The molecule has 0 fully saturated rings. The first-order chi connectivity index (χ1) is 10.1. The van der Waals surface area contributed by atoms with E-state index in [1.54, 1.807) is 18.7 Å². The van der Waals surface area contributed by atoms with Gasteiger partial charge in [-0.05, 0) is 19.9 Å². The molecule has 0 unspecified atom stereocenters. The topological polar surface area (TPSA) is 97.1 Å². The van der Waals surface area contributed by atoms with Crippen LogP contribution in [0.5, 0.6) is 0 Å². The Morgan fingerprint density at radius 2 is 2.00 bits per heavy atom. The highest BCUT2D eigenvalue weighted by Crippen LogP contribution is 2.11. The molecule has 0 aromatic carbocycles. The van der Waals surface area contributed by atoms with Crippen LogP contribution in [0, 0.1) is 0 Å². The molecule has 0 amide bonds. The summed E-state index contributed by atoms with van der Waals surface area (Å²) in [6.45, 7) is 3.54. The lowest BCUT2D eigenvalue weighted by Crippen LogP contribution is -2.40. The van der Waals surface area contributed by atoms with Gasteiger partial charge in [-0.15, -0.1) is 0 Å². The molecule has 8 heteroatoms. The fraction of sp³-hybridized carbons (Fsp3) is 0.615. The van der Waals surface area contributed by atoms with Crippen LogP contribution in [0.2, 0.25) is 0 Å². The Morgan fingerprint density at radius 3 is 2.57 bits per heavy atom. The van der Waals surface area contributed by atoms with Gasteiger partial charge in [0.15, 0.2) is 11.2 Å². The molecule has 0 saturated heterocycles. The number of ether oxygens (including phenoxy) is 1. The summed E-state index contributed by atoms with van der Waals surface area (Å²) in [5, 5.41) is 0. The van der Waals surface area contributed by atoms with E-state index in [0.29, 0.717) is 49.7 Å². The van der Waals surface area contributed by atoms with Crippen LogP contribution in [0.4, 0.5) is 0 Å². The van der Waals surface area contributed by atoms with Crippen LogP contribution < -0.4 is 17.0 Å². The van der Waals surface area contributed by atoms with Crippen LogP contribution in [0.1, 0.15) is 19.2 Å². The number of nitrogens with two attached hydrogens (primary N) is 1. The third-order valence-corrected chi connectivity index (χ3v) is 3.49. The van der Waals surface area contributed by atoms with Crippen LogP contribution in [0.15, 0.2) is 9.59 Å². The lowest BCUT2D eigenvalue weighted by molar-refractivity contribution is 0.175. The molecule has 0 saturated carbocycles. The minimum absolute atomic E-state index is 0.291. The van der Waals surface area contributed by atoms with Crippen molar-refractivity contribution in [3.8, 4) is 0 Å². The second kappa shape index (κ2) is 6.23. The fourth-order valence-corrected chi connectivity index (χ4v) is 2.44. The first-order valence-electron chi connectivity index (χ1n) is 6.94. The molecule has 0 bridgehead atoms. The second-order valence-electron chi connectivity index (χ2n) is 4.82. The molecule has 2 aromatic rings. The van der Waals surface area contributed by atoms with Crippen molar-refractivity contribution in [3.05, 3.63) is 26.7 Å². The summed E-state index contributed by atoms with van der Waals surface area (Å²) < 4.78 is 9.52. The van der Waals surface area contributed by atoms with E-state index in [1.165, 1.54) is 9.13 Å². The molecule has 0 aliphatic rings. The van der Waals surface area contributed by atoms with Crippen molar-refractivity contribution in [2.45, 2.75) is 33.0 Å². The highest BCUT2D eigenvalue weighted by Gasteiger charge is 2.18. The Balaban J connectivity index is 2.80. The van der Waals surface area contributed by atoms with E-state index in [1.807, 2.05) is 6.92 Å². The van der Waals surface area contributed by atoms with Gasteiger partial charge in [0.05, 0.1) is 0 Å². The number of hydrogen-bond acceptors (Lipinski definition) is 5. The van der Waals surface area contributed by atoms with Crippen molar-refractivity contribution in [1.29, 1.82) is 0 Å². The molecular weight excluding hydrogens is 274 g/mol. The quantitative estimate of drug-likeness (QED) is 0.768. The van der Waals surface area contributed by atoms with Crippen molar-refractivity contribution in [2.75, 3.05) is 13.7 Å². The number of nitrogens with zero attached hydrogens (tertiary/aromatic N) is 4. The molecule has 2 N–H and O–H groups in total. The summed E-state index contributed by atoms with van der Waals surface area (Å²) >= 11 is 0. The Hall–Kier alpha value is -1.93. The number of aryl methyl sites for hydroxylation is 2. The third kappa shape index (κ3) is 2.52. The predicted octanol–water partition coefficient (Wildman–Crippen LogP) is -0.588. The summed E-state index contributed by atoms with van der Waals surface area (Å²) in [4.78, 5) is 29.3. The average molecular weight is 295 g/mol. The molecule has 2 aromatic heterocycles. The minimum Gasteiger partial charge on any atom is -0.377 e. The molecule has 0 spiro atoms. The van der Waals surface area contributed by atoms with Crippen LogP contribution in [0.25, 0.3) is 11.2 Å². The maximum atomic E-state index is 12.6. The number of aromatic nitrogens is 4. The lowest BCUT2D eigenvalue weighted by atomic mass is 10.4. The van der Waals surface area contributed by atoms with E-state index in [4.69, 9.17) is 10.5 Å². The molecule has 0 aliphatic carbocycles. The van der Waals surface area contributed by atoms with Crippen LogP contribution in [-0.2, 0) is 31.5 Å². The Morgan fingerprint density at radius 1 is 1.29 bits per heavy atom. The van der Waals surface area contributed by atoms with E-state index in [9.17, 15) is 9.59 Å². The summed E-state index contributed by atoms with van der Waals surface area (Å²) in [6, 6.07) is 0. The summed E-state index contributed by atoms with van der Waals surface area (Å²) in [6.07, 6.45) is 0.575. The number of methoxy groups -OCH3 is 1. The lowest BCUT2D eigenvalue weighted by Gasteiger charge is -2.09. The fourth-order valence-electron chi connectivity index (χ4n) is 2.44. The van der Waals surface area contributed by atoms with Gasteiger partial charge in [0, 0.05) is 27.2 Å². The number of fused-ring (bicyclic) bond motifs is 1. The average Bonchev–Trinajstić information content (AvgIpc) is 2.84. The van der Waals surface area contributed by atoms with Gasteiger partial charge >= 0.3 is 5.69 Å². The Labute approximate surface area is 121 Å². The van der Waals surface area contributed by atoms with Crippen LogP contribution in [0.3, 0.4) is 0 Å². The molecule has 0 aliphatic heterocycles. The molecule has 21 heavy (non-hydrogen) atoms. The van der Waals surface area contributed by atoms with Crippen molar-refractivity contribution < 1.29 is 4.74 Å². The van der Waals surface area contributed by atoms with Gasteiger partial charge in [-0.3, -0.25) is 13.9 Å². The molecule has 2 heterocycles. The first-order valence-corrected chi connectivity index (χ1v) is 6.94. The van der Waals surface area contributed by atoms with Crippen LogP contribution in [-0.4, -0.2) is 32.3 Å². The second-order valence-corrected chi connectivity index (χ2v) is 4.82. The van der Waals surface area contributed by atoms with Crippen molar-refractivity contribution in [3.63, 3.8) is 0 Å².